The molecular formula is C15H16FN3O3. The summed E-state index contributed by atoms with van der Waals surface area (Å²) in [4.78, 5) is 27.7. The van der Waals surface area contributed by atoms with E-state index in [0.29, 0.717) is 24.3 Å². The van der Waals surface area contributed by atoms with Crippen molar-refractivity contribution in [1.29, 1.82) is 0 Å². The maximum atomic E-state index is 14.4. The number of carboxylic acids is 1. The summed E-state index contributed by atoms with van der Waals surface area (Å²) in [6.07, 6.45) is 1.15. The maximum Gasteiger partial charge on any atom is 0.341 e. The van der Waals surface area contributed by atoms with Gasteiger partial charge in [0, 0.05) is 37.3 Å². The van der Waals surface area contributed by atoms with Gasteiger partial charge in [0.05, 0.1) is 11.2 Å². The first-order valence-electron chi connectivity index (χ1n) is 7.04. The Morgan fingerprint density at radius 2 is 2.23 bits per heavy atom. The van der Waals surface area contributed by atoms with Crippen molar-refractivity contribution < 1.29 is 14.3 Å². The predicted molar refractivity (Wildman–Crippen MR) is 81.2 cm³/mol. The van der Waals surface area contributed by atoms with E-state index in [9.17, 15) is 14.0 Å². The molecule has 22 heavy (non-hydrogen) atoms. The van der Waals surface area contributed by atoms with Gasteiger partial charge in [-0.15, -0.1) is 0 Å². The molecule has 1 saturated heterocycles. The van der Waals surface area contributed by atoms with E-state index in [2.05, 4.69) is 10.3 Å². The second kappa shape index (κ2) is 5.42. The van der Waals surface area contributed by atoms with Gasteiger partial charge in [-0.3, -0.25) is 4.79 Å². The number of anilines is 1. The van der Waals surface area contributed by atoms with Gasteiger partial charge in [0.1, 0.15) is 11.4 Å². The number of piperazine rings is 1. The summed E-state index contributed by atoms with van der Waals surface area (Å²) in [7, 11) is 0. The largest absolute Gasteiger partial charge is 0.477 e. The van der Waals surface area contributed by atoms with E-state index in [0.717, 1.165) is 18.8 Å². The molecule has 1 aliphatic rings. The highest BCUT2D eigenvalue weighted by molar-refractivity contribution is 5.93. The molecule has 3 N–H and O–H groups in total. The molecule has 116 valence electrons. The fourth-order valence-corrected chi connectivity index (χ4v) is 2.78. The Kier molecular flexibility index (Phi) is 3.58. The zero-order chi connectivity index (χ0) is 15.9. The lowest BCUT2D eigenvalue weighted by atomic mass is 10.1. The van der Waals surface area contributed by atoms with E-state index in [1.54, 1.807) is 6.07 Å². The lowest BCUT2D eigenvalue weighted by Gasteiger charge is -2.33. The molecule has 0 amide bonds. The first-order chi connectivity index (χ1) is 10.5. The van der Waals surface area contributed by atoms with Crippen molar-refractivity contribution in [2.24, 2.45) is 0 Å². The monoisotopic (exact) mass is 305 g/mol. The van der Waals surface area contributed by atoms with E-state index in [1.807, 2.05) is 11.8 Å². The van der Waals surface area contributed by atoms with Crippen molar-refractivity contribution in [1.82, 2.24) is 10.3 Å². The summed E-state index contributed by atoms with van der Waals surface area (Å²) in [6.45, 7) is 4.11. The topological polar surface area (TPSA) is 85.4 Å². The van der Waals surface area contributed by atoms with Crippen LogP contribution in [0.25, 0.3) is 10.9 Å². The molecule has 2 aromatic rings. The second-order valence-corrected chi connectivity index (χ2v) is 5.49. The molecule has 2 heterocycles. The molecule has 0 radical (unpaired) electrons. The smallest absolute Gasteiger partial charge is 0.341 e. The molecule has 1 fully saturated rings. The fourth-order valence-electron chi connectivity index (χ4n) is 2.78. The number of fused-ring (bicyclic) bond motifs is 1. The van der Waals surface area contributed by atoms with Crippen molar-refractivity contribution in [2.45, 2.75) is 13.0 Å². The normalized spacial score (nSPS) is 18.6. The summed E-state index contributed by atoms with van der Waals surface area (Å²) < 4.78 is 14.4. The SMILES string of the molecule is CC1CN(c2cc3[nH]cc(C(=O)O)c(=O)c3cc2F)CCN1. The maximum absolute atomic E-state index is 14.4. The number of carboxylic acid groups (broad SMARTS) is 1. The molecule has 0 saturated carbocycles. The predicted octanol–water partition coefficient (Wildman–Crippen LogP) is 1.16. The Bertz CT molecular complexity index is 802. The zero-order valence-corrected chi connectivity index (χ0v) is 12.0. The zero-order valence-electron chi connectivity index (χ0n) is 12.0. The van der Waals surface area contributed by atoms with E-state index in [-0.39, 0.29) is 11.4 Å². The minimum absolute atomic E-state index is 0.0457. The Morgan fingerprint density at radius 3 is 2.91 bits per heavy atom. The van der Waals surface area contributed by atoms with Crippen molar-refractivity contribution in [3.05, 3.63) is 39.9 Å². The highest BCUT2D eigenvalue weighted by Crippen LogP contribution is 2.24. The first kappa shape index (κ1) is 14.5. The van der Waals surface area contributed by atoms with Crippen LogP contribution in [0.3, 0.4) is 0 Å². The van der Waals surface area contributed by atoms with Crippen LogP contribution in [0.15, 0.2) is 23.1 Å². The number of aromatic nitrogens is 1. The molecule has 1 aliphatic heterocycles. The van der Waals surface area contributed by atoms with Gasteiger partial charge in [0.25, 0.3) is 0 Å². The number of H-pyrrole nitrogens is 1. The van der Waals surface area contributed by atoms with Crippen molar-refractivity contribution in [2.75, 3.05) is 24.5 Å². The second-order valence-electron chi connectivity index (χ2n) is 5.49. The third-order valence-electron chi connectivity index (χ3n) is 3.89. The van der Waals surface area contributed by atoms with Crippen LogP contribution in [0.1, 0.15) is 17.3 Å². The lowest BCUT2D eigenvalue weighted by molar-refractivity contribution is 0.0695. The fraction of sp³-hybridized carbons (Fsp3) is 0.333. The van der Waals surface area contributed by atoms with E-state index < -0.39 is 22.8 Å². The molecule has 0 bridgehead atoms. The van der Waals surface area contributed by atoms with Crippen LogP contribution in [0.4, 0.5) is 10.1 Å². The third-order valence-corrected chi connectivity index (χ3v) is 3.89. The van der Waals surface area contributed by atoms with Crippen LogP contribution < -0.4 is 15.6 Å². The minimum Gasteiger partial charge on any atom is -0.477 e. The number of aromatic amines is 1. The number of nitrogens with zero attached hydrogens (tertiary/aromatic N) is 1. The molecule has 7 heteroatoms. The van der Waals surface area contributed by atoms with E-state index in [4.69, 9.17) is 5.11 Å². The number of nitrogens with one attached hydrogen (secondary N) is 2. The lowest BCUT2D eigenvalue weighted by Crippen LogP contribution is -2.49. The standard InChI is InChI=1S/C15H16FN3O3/c1-8-7-19(3-2-17-8)13-5-12-9(4-11(13)16)14(20)10(6-18-12)15(21)22/h4-6,8,17H,2-3,7H2,1H3,(H,18,20)(H,21,22). The van der Waals surface area contributed by atoms with Gasteiger partial charge >= 0.3 is 5.97 Å². The molecular weight excluding hydrogens is 289 g/mol. The molecule has 0 spiro atoms. The van der Waals surface area contributed by atoms with Gasteiger partial charge in [-0.05, 0) is 19.1 Å². The molecule has 1 aromatic heterocycles. The van der Waals surface area contributed by atoms with Crippen LogP contribution in [-0.2, 0) is 0 Å². The Labute approximate surface area is 125 Å². The molecule has 1 aromatic carbocycles. The average molecular weight is 305 g/mol. The summed E-state index contributed by atoms with van der Waals surface area (Å²) in [6, 6.07) is 2.93. The number of hydrogen-bond donors (Lipinski definition) is 3. The third kappa shape index (κ3) is 2.43. The van der Waals surface area contributed by atoms with Gasteiger partial charge in [-0.1, -0.05) is 0 Å². The van der Waals surface area contributed by atoms with Crippen LogP contribution in [-0.4, -0.2) is 41.7 Å². The van der Waals surface area contributed by atoms with Gasteiger partial charge in [0.2, 0.25) is 5.43 Å². The average Bonchev–Trinajstić information content (AvgIpc) is 2.47. The Morgan fingerprint density at radius 1 is 1.45 bits per heavy atom. The minimum atomic E-state index is -1.33. The van der Waals surface area contributed by atoms with Gasteiger partial charge < -0.3 is 20.3 Å². The van der Waals surface area contributed by atoms with Crippen LogP contribution in [0, 0.1) is 5.82 Å². The van der Waals surface area contributed by atoms with Gasteiger partial charge in [-0.2, -0.15) is 0 Å². The van der Waals surface area contributed by atoms with Crippen LogP contribution >= 0.6 is 0 Å². The van der Waals surface area contributed by atoms with Gasteiger partial charge in [0.15, 0.2) is 0 Å². The number of rotatable bonds is 2. The molecule has 1 unspecified atom stereocenters. The molecule has 1 atom stereocenters. The van der Waals surface area contributed by atoms with Crippen molar-refractivity contribution in [3.8, 4) is 0 Å². The summed E-state index contributed by atoms with van der Waals surface area (Å²) in [5.41, 5.74) is -0.229. The number of carbonyl (C=O) groups is 1. The van der Waals surface area contributed by atoms with E-state index >= 15 is 0 Å². The molecule has 0 aliphatic carbocycles. The highest BCUT2D eigenvalue weighted by atomic mass is 19.1. The summed E-state index contributed by atoms with van der Waals surface area (Å²) in [5, 5.41) is 12.3. The first-order valence-corrected chi connectivity index (χ1v) is 7.04. The highest BCUT2D eigenvalue weighted by Gasteiger charge is 2.20. The van der Waals surface area contributed by atoms with Crippen molar-refractivity contribution >= 4 is 22.6 Å². The van der Waals surface area contributed by atoms with Crippen molar-refractivity contribution in [3.63, 3.8) is 0 Å². The number of pyridine rings is 1. The number of benzene rings is 1. The van der Waals surface area contributed by atoms with Crippen LogP contribution in [0.2, 0.25) is 0 Å². The van der Waals surface area contributed by atoms with Crippen LogP contribution in [0.5, 0.6) is 0 Å². The van der Waals surface area contributed by atoms with Gasteiger partial charge in [-0.25, -0.2) is 9.18 Å². The number of hydrogen-bond acceptors (Lipinski definition) is 4. The summed E-state index contributed by atoms with van der Waals surface area (Å²) in [5.74, 6) is -1.85. The number of halogens is 1. The number of aromatic carboxylic acids is 1. The molecule has 3 rings (SSSR count). The quantitative estimate of drug-likeness (QED) is 0.775. The Balaban J connectivity index is 2.11. The summed E-state index contributed by atoms with van der Waals surface area (Å²) >= 11 is 0. The molecule has 6 nitrogen and oxygen atoms in total. The Hall–Kier alpha value is -2.41. The van der Waals surface area contributed by atoms with E-state index in [1.165, 1.54) is 0 Å².